The van der Waals surface area contributed by atoms with Gasteiger partial charge in [0.15, 0.2) is 22.9 Å². The lowest BCUT2D eigenvalue weighted by Gasteiger charge is -2.22. The van der Waals surface area contributed by atoms with Gasteiger partial charge in [-0.25, -0.2) is 34.8 Å². The highest BCUT2D eigenvalue weighted by Crippen LogP contribution is 2.36. The van der Waals surface area contributed by atoms with Crippen LogP contribution in [0.3, 0.4) is 0 Å². The van der Waals surface area contributed by atoms with E-state index < -0.39 is 11.7 Å². The zero-order valence-corrected chi connectivity index (χ0v) is 27.9. The second-order valence-electron chi connectivity index (χ2n) is 12.2. The number of hydroxylamine groups is 1. The lowest BCUT2D eigenvalue weighted by atomic mass is 10.1. The minimum atomic E-state index is -0.588. The number of carbonyl (C=O) groups is 1. The maximum absolute atomic E-state index is 13.8. The molecular weight excluding hydrogens is 641 g/mol. The number of anilines is 2. The number of nitrogens with one attached hydrogen (secondary N) is 3. The predicted molar refractivity (Wildman–Crippen MR) is 185 cm³/mol. The third-order valence-electron chi connectivity index (χ3n) is 8.33. The summed E-state index contributed by atoms with van der Waals surface area (Å²) in [5.74, 6) is 0.529. The van der Waals surface area contributed by atoms with Crippen LogP contribution in [0.4, 0.5) is 15.9 Å². The molecule has 4 aromatic heterocycles. The highest BCUT2D eigenvalue weighted by atomic mass is 19.1. The van der Waals surface area contributed by atoms with E-state index in [1.807, 2.05) is 56.3 Å². The molecule has 0 aliphatic carbocycles. The number of halogens is 1. The number of rotatable bonds is 11. The van der Waals surface area contributed by atoms with Crippen molar-refractivity contribution in [3.05, 3.63) is 90.0 Å². The highest BCUT2D eigenvalue weighted by Gasteiger charge is 2.25. The molecular formula is C36H36FN9O4. The zero-order chi connectivity index (χ0) is 34.6. The van der Waals surface area contributed by atoms with E-state index in [1.165, 1.54) is 24.3 Å². The molecule has 0 bridgehead atoms. The average molecular weight is 678 g/mol. The van der Waals surface area contributed by atoms with Crippen LogP contribution in [0.5, 0.6) is 0 Å². The van der Waals surface area contributed by atoms with Gasteiger partial charge in [-0.1, -0.05) is 6.07 Å². The smallest absolute Gasteiger partial charge is 0.297 e. The first-order chi connectivity index (χ1) is 24.3. The van der Waals surface area contributed by atoms with Crippen molar-refractivity contribution < 1.29 is 23.2 Å². The van der Waals surface area contributed by atoms with Crippen LogP contribution >= 0.6 is 0 Å². The molecule has 5 heterocycles. The van der Waals surface area contributed by atoms with Gasteiger partial charge >= 0.3 is 0 Å². The Labute approximate surface area is 287 Å². The number of aromatic amines is 1. The number of nitrogens with zero attached hydrogens (tertiary/aromatic N) is 6. The van der Waals surface area contributed by atoms with Gasteiger partial charge in [-0.05, 0) is 94.4 Å². The molecule has 2 aromatic carbocycles. The van der Waals surface area contributed by atoms with Gasteiger partial charge in [-0.2, -0.15) is 0 Å². The molecule has 0 spiro atoms. The van der Waals surface area contributed by atoms with Crippen LogP contribution in [0.1, 0.15) is 47.2 Å². The molecule has 6 aromatic rings. The molecule has 1 saturated heterocycles. The number of ether oxygens (including phenoxy) is 1. The molecule has 7 rings (SSSR count). The largest absolute Gasteiger partial charge is 0.435 e. The minimum Gasteiger partial charge on any atom is -0.435 e. The van der Waals surface area contributed by atoms with Gasteiger partial charge in [-0.15, -0.1) is 0 Å². The summed E-state index contributed by atoms with van der Waals surface area (Å²) in [6.45, 7) is 3.51. The first-order valence-electron chi connectivity index (χ1n) is 16.3. The Hall–Kier alpha value is -5.57. The van der Waals surface area contributed by atoms with Gasteiger partial charge in [-0.3, -0.25) is 9.63 Å². The number of aryl methyl sites for hydroxylation is 1. The third kappa shape index (κ3) is 7.08. The highest BCUT2D eigenvalue weighted by molar-refractivity contribution is 5.98. The standard InChI is InChI=1S/C36H36FN9O4/c1-21-9-10-23(36-43-30(35(47)45-49-18-16-46(2)3)31(50-36)22-11-13-24(37)14-12-22)19-26(21)41-32-25(7-6-15-38-32)28-29-34(40-20-39-29)44-33(42-28)27-8-4-5-17-48-27/h6-7,9-15,19-20,27H,4-5,8,16-18H2,1-3H3,(H,38,41)(H,45,47)(H,39,40,42,44). The molecule has 1 aliphatic rings. The van der Waals surface area contributed by atoms with Crippen LogP contribution in [-0.4, -0.2) is 74.6 Å². The number of carbonyl (C=O) groups excluding carboxylic acids is 1. The summed E-state index contributed by atoms with van der Waals surface area (Å²) in [6.07, 6.45) is 6.01. The first-order valence-corrected chi connectivity index (χ1v) is 16.3. The maximum atomic E-state index is 13.8. The molecule has 13 nitrogen and oxygen atoms in total. The number of pyridine rings is 1. The van der Waals surface area contributed by atoms with E-state index >= 15 is 0 Å². The maximum Gasteiger partial charge on any atom is 0.297 e. The lowest BCUT2D eigenvalue weighted by molar-refractivity contribution is 0.00970. The van der Waals surface area contributed by atoms with Crippen molar-refractivity contribution in [2.24, 2.45) is 0 Å². The second-order valence-corrected chi connectivity index (χ2v) is 12.2. The molecule has 1 aliphatic heterocycles. The SMILES string of the molecule is Cc1ccc(-c2nc(C(=O)NOCCN(C)C)c(-c3ccc(F)cc3)o2)cc1Nc1ncccc1-c1nc(C2CCCCO2)nc2nc[nH]c12. The third-order valence-corrected chi connectivity index (χ3v) is 8.33. The number of aromatic nitrogens is 6. The van der Waals surface area contributed by atoms with Gasteiger partial charge in [0, 0.05) is 41.7 Å². The molecule has 1 fully saturated rings. The first kappa shape index (κ1) is 33.0. The number of amides is 1. The minimum absolute atomic E-state index is 0.00337. The van der Waals surface area contributed by atoms with Crippen molar-refractivity contribution in [1.82, 2.24) is 40.3 Å². The molecule has 1 atom stereocenters. The Morgan fingerprint density at radius 3 is 2.70 bits per heavy atom. The summed E-state index contributed by atoms with van der Waals surface area (Å²) in [6, 6.07) is 15.1. The summed E-state index contributed by atoms with van der Waals surface area (Å²) in [4.78, 5) is 47.1. The Morgan fingerprint density at radius 1 is 1.06 bits per heavy atom. The molecule has 3 N–H and O–H groups in total. The van der Waals surface area contributed by atoms with Crippen molar-refractivity contribution in [3.63, 3.8) is 0 Å². The fourth-order valence-corrected chi connectivity index (χ4v) is 5.63. The van der Waals surface area contributed by atoms with E-state index in [4.69, 9.17) is 24.0 Å². The fraction of sp³-hybridized carbons (Fsp3) is 0.278. The Balaban J connectivity index is 1.22. The molecule has 256 valence electrons. The summed E-state index contributed by atoms with van der Waals surface area (Å²) >= 11 is 0. The van der Waals surface area contributed by atoms with E-state index in [9.17, 15) is 9.18 Å². The van der Waals surface area contributed by atoms with E-state index in [2.05, 4.69) is 30.7 Å². The van der Waals surface area contributed by atoms with Gasteiger partial charge in [0.25, 0.3) is 5.91 Å². The fourth-order valence-electron chi connectivity index (χ4n) is 5.63. The van der Waals surface area contributed by atoms with E-state index in [0.717, 1.165) is 36.1 Å². The molecule has 1 amide bonds. The Kier molecular flexibility index (Phi) is 9.56. The second kappa shape index (κ2) is 14.5. The van der Waals surface area contributed by atoms with E-state index in [-0.39, 0.29) is 30.1 Å². The number of hydrogen-bond acceptors (Lipinski definition) is 11. The Bertz CT molecular complexity index is 2120. The Morgan fingerprint density at radius 2 is 1.90 bits per heavy atom. The van der Waals surface area contributed by atoms with Gasteiger partial charge in [0.2, 0.25) is 5.89 Å². The average Bonchev–Trinajstić information content (AvgIpc) is 3.80. The van der Waals surface area contributed by atoms with Crippen molar-refractivity contribution >= 4 is 28.6 Å². The molecule has 50 heavy (non-hydrogen) atoms. The normalized spacial score (nSPS) is 14.7. The van der Waals surface area contributed by atoms with Gasteiger partial charge in [0.1, 0.15) is 28.9 Å². The summed E-state index contributed by atoms with van der Waals surface area (Å²) in [5, 5.41) is 3.48. The summed E-state index contributed by atoms with van der Waals surface area (Å²) in [5.41, 5.74) is 7.83. The van der Waals surface area contributed by atoms with E-state index in [0.29, 0.717) is 52.8 Å². The van der Waals surface area contributed by atoms with E-state index in [1.54, 1.807) is 12.5 Å². The van der Waals surface area contributed by atoms with Crippen LogP contribution in [0, 0.1) is 12.7 Å². The van der Waals surface area contributed by atoms with Crippen molar-refractivity contribution in [2.45, 2.75) is 32.3 Å². The molecule has 1 unspecified atom stereocenters. The van der Waals surface area contributed by atoms with Crippen LogP contribution in [0.25, 0.3) is 45.2 Å². The predicted octanol–water partition coefficient (Wildman–Crippen LogP) is 6.39. The molecule has 0 radical (unpaired) electrons. The number of likely N-dealkylation sites (N-methyl/N-ethyl adjacent to an activating group) is 1. The van der Waals surface area contributed by atoms with Crippen LogP contribution in [0.15, 0.2) is 71.5 Å². The van der Waals surface area contributed by atoms with Crippen LogP contribution < -0.4 is 10.8 Å². The van der Waals surface area contributed by atoms with Crippen LogP contribution in [0.2, 0.25) is 0 Å². The molecule has 14 heteroatoms. The lowest BCUT2D eigenvalue weighted by Crippen LogP contribution is -2.28. The van der Waals surface area contributed by atoms with Crippen molar-refractivity contribution in [3.8, 4) is 34.0 Å². The number of hydrogen-bond donors (Lipinski definition) is 3. The van der Waals surface area contributed by atoms with Crippen LogP contribution in [-0.2, 0) is 9.57 Å². The number of benzene rings is 2. The zero-order valence-electron chi connectivity index (χ0n) is 27.9. The number of imidazole rings is 1. The topological polar surface area (TPSA) is 156 Å². The summed E-state index contributed by atoms with van der Waals surface area (Å²) in [7, 11) is 3.80. The quantitative estimate of drug-likeness (QED) is 0.103. The number of oxazole rings is 1. The summed E-state index contributed by atoms with van der Waals surface area (Å²) < 4.78 is 26.0. The monoisotopic (exact) mass is 677 g/mol. The number of fused-ring (bicyclic) bond motifs is 1. The van der Waals surface area contributed by atoms with Crippen molar-refractivity contribution in [1.29, 1.82) is 0 Å². The van der Waals surface area contributed by atoms with Gasteiger partial charge in [0.05, 0.1) is 12.9 Å². The number of H-pyrrole nitrogens is 1. The van der Waals surface area contributed by atoms with Gasteiger partial charge < -0.3 is 24.4 Å². The van der Waals surface area contributed by atoms with Crippen molar-refractivity contribution in [2.75, 3.05) is 39.2 Å². The molecule has 0 saturated carbocycles.